The van der Waals surface area contributed by atoms with Gasteiger partial charge in [-0.15, -0.1) is 0 Å². The fourth-order valence-electron chi connectivity index (χ4n) is 3.45. The molecule has 0 atom stereocenters. The van der Waals surface area contributed by atoms with E-state index < -0.39 is 5.97 Å². The molecule has 0 radical (unpaired) electrons. The van der Waals surface area contributed by atoms with E-state index in [1.54, 1.807) is 25.4 Å². The van der Waals surface area contributed by atoms with Crippen molar-refractivity contribution in [1.29, 1.82) is 0 Å². The Morgan fingerprint density at radius 1 is 1.28 bits per heavy atom. The monoisotopic (exact) mass is 340 g/mol. The van der Waals surface area contributed by atoms with Crippen molar-refractivity contribution >= 4 is 5.97 Å². The third-order valence-corrected chi connectivity index (χ3v) is 4.86. The number of nitrogens with zero attached hydrogens (tertiary/aromatic N) is 2. The molecule has 0 aliphatic carbocycles. The third kappa shape index (κ3) is 4.57. The number of aromatic carboxylic acids is 1. The van der Waals surface area contributed by atoms with Gasteiger partial charge in [0.15, 0.2) is 0 Å². The van der Waals surface area contributed by atoms with Crippen LogP contribution in [0.5, 0.6) is 5.75 Å². The molecule has 1 fully saturated rings. The number of hydrogen-bond donors (Lipinski definition) is 1. The molecule has 1 N–H and O–H groups in total. The summed E-state index contributed by atoms with van der Waals surface area (Å²) in [5.74, 6) is 0.660. The average molecular weight is 340 g/mol. The lowest BCUT2D eigenvalue weighted by molar-refractivity contribution is 0.0692. The first-order valence-corrected chi connectivity index (χ1v) is 8.68. The largest absolute Gasteiger partial charge is 0.497 e. The van der Waals surface area contributed by atoms with E-state index in [1.807, 2.05) is 12.1 Å². The summed E-state index contributed by atoms with van der Waals surface area (Å²) in [6.45, 7) is 2.56. The van der Waals surface area contributed by atoms with Crippen LogP contribution < -0.4 is 4.74 Å². The number of aromatic nitrogens is 1. The van der Waals surface area contributed by atoms with Crippen LogP contribution in [0.1, 0.15) is 34.5 Å². The number of carboxylic acids is 1. The number of hydrogen-bond acceptors (Lipinski definition) is 4. The highest BCUT2D eigenvalue weighted by Crippen LogP contribution is 2.24. The summed E-state index contributed by atoms with van der Waals surface area (Å²) in [6, 6.07) is 11.6. The van der Waals surface area contributed by atoms with Gasteiger partial charge in [-0.2, -0.15) is 0 Å². The number of likely N-dealkylation sites (tertiary alicyclic amines) is 1. The number of benzene rings is 1. The lowest BCUT2D eigenvalue weighted by Crippen LogP contribution is -2.34. The Hall–Kier alpha value is -2.40. The van der Waals surface area contributed by atoms with Crippen molar-refractivity contribution in [1.82, 2.24) is 9.88 Å². The molecule has 5 heteroatoms. The van der Waals surface area contributed by atoms with E-state index in [1.165, 1.54) is 5.56 Å². The second kappa shape index (κ2) is 8.12. The van der Waals surface area contributed by atoms with Crippen LogP contribution in [0.2, 0.25) is 0 Å². The second-order valence-electron chi connectivity index (χ2n) is 6.58. The molecule has 132 valence electrons. The van der Waals surface area contributed by atoms with Crippen LogP contribution in [0, 0.1) is 5.92 Å². The smallest absolute Gasteiger partial charge is 0.337 e. The maximum absolute atomic E-state index is 11.3. The topological polar surface area (TPSA) is 62.7 Å². The summed E-state index contributed by atoms with van der Waals surface area (Å²) >= 11 is 0. The van der Waals surface area contributed by atoms with Crippen molar-refractivity contribution in [3.8, 4) is 5.75 Å². The predicted molar refractivity (Wildman–Crippen MR) is 95.9 cm³/mol. The molecule has 25 heavy (non-hydrogen) atoms. The molecule has 2 heterocycles. The minimum Gasteiger partial charge on any atom is -0.497 e. The first kappa shape index (κ1) is 17.4. The Balaban J connectivity index is 1.54. The minimum atomic E-state index is -0.906. The van der Waals surface area contributed by atoms with Crippen molar-refractivity contribution in [3.05, 3.63) is 59.4 Å². The van der Waals surface area contributed by atoms with Crippen LogP contribution >= 0.6 is 0 Å². The molecule has 0 saturated carbocycles. The van der Waals surface area contributed by atoms with Gasteiger partial charge in [0.1, 0.15) is 5.75 Å². The molecular formula is C20H24N2O3. The third-order valence-electron chi connectivity index (χ3n) is 4.86. The number of methoxy groups -OCH3 is 1. The SMILES string of the molecule is COc1cccc(CC2CCN(Cc3ncccc3C(=O)O)CC2)c1. The molecule has 3 rings (SSSR count). The van der Waals surface area contributed by atoms with Gasteiger partial charge >= 0.3 is 5.97 Å². The molecule has 0 unspecified atom stereocenters. The van der Waals surface area contributed by atoms with E-state index in [2.05, 4.69) is 22.0 Å². The fraction of sp³-hybridized carbons (Fsp3) is 0.400. The van der Waals surface area contributed by atoms with E-state index in [4.69, 9.17) is 4.74 Å². The molecule has 0 spiro atoms. The average Bonchev–Trinajstić information content (AvgIpc) is 2.64. The number of carbonyl (C=O) groups is 1. The summed E-state index contributed by atoms with van der Waals surface area (Å²) in [4.78, 5) is 17.9. The van der Waals surface area contributed by atoms with Crippen molar-refractivity contribution in [3.63, 3.8) is 0 Å². The highest BCUT2D eigenvalue weighted by molar-refractivity contribution is 5.88. The van der Waals surface area contributed by atoms with Crippen molar-refractivity contribution in [2.24, 2.45) is 5.92 Å². The van der Waals surface area contributed by atoms with E-state index in [0.717, 1.165) is 38.1 Å². The number of carboxylic acid groups (broad SMARTS) is 1. The van der Waals surface area contributed by atoms with Crippen LogP contribution in [0.25, 0.3) is 0 Å². The van der Waals surface area contributed by atoms with Crippen molar-refractivity contribution in [2.75, 3.05) is 20.2 Å². The van der Waals surface area contributed by atoms with Gasteiger partial charge in [0.05, 0.1) is 18.4 Å². The van der Waals surface area contributed by atoms with Crippen LogP contribution in [-0.2, 0) is 13.0 Å². The van der Waals surface area contributed by atoms with Crippen LogP contribution in [0.4, 0.5) is 0 Å². The zero-order chi connectivity index (χ0) is 17.6. The molecule has 1 aliphatic rings. The van der Waals surface area contributed by atoms with Crippen LogP contribution in [0.3, 0.4) is 0 Å². The highest BCUT2D eigenvalue weighted by atomic mass is 16.5. The van der Waals surface area contributed by atoms with E-state index >= 15 is 0 Å². The van der Waals surface area contributed by atoms with Gasteiger partial charge in [-0.1, -0.05) is 12.1 Å². The Morgan fingerprint density at radius 3 is 2.80 bits per heavy atom. The number of piperidine rings is 1. The summed E-state index contributed by atoms with van der Waals surface area (Å²) < 4.78 is 5.29. The Morgan fingerprint density at radius 2 is 2.08 bits per heavy atom. The van der Waals surface area contributed by atoms with Gasteiger partial charge in [0.2, 0.25) is 0 Å². The zero-order valence-corrected chi connectivity index (χ0v) is 14.5. The minimum absolute atomic E-state index is 0.306. The van der Waals surface area contributed by atoms with E-state index in [-0.39, 0.29) is 0 Å². The summed E-state index contributed by atoms with van der Waals surface area (Å²) in [6.07, 6.45) is 4.96. The van der Waals surface area contributed by atoms with Gasteiger partial charge in [-0.25, -0.2) is 4.79 Å². The second-order valence-corrected chi connectivity index (χ2v) is 6.58. The van der Waals surface area contributed by atoms with Gasteiger partial charge < -0.3 is 9.84 Å². The maximum Gasteiger partial charge on any atom is 0.337 e. The van der Waals surface area contributed by atoms with Gasteiger partial charge in [-0.3, -0.25) is 9.88 Å². The molecule has 1 saturated heterocycles. The van der Waals surface area contributed by atoms with Crippen molar-refractivity contribution in [2.45, 2.75) is 25.8 Å². The fourth-order valence-corrected chi connectivity index (χ4v) is 3.45. The lowest BCUT2D eigenvalue weighted by Gasteiger charge is -2.32. The molecule has 1 aliphatic heterocycles. The molecule has 2 aromatic rings. The maximum atomic E-state index is 11.3. The van der Waals surface area contributed by atoms with Gasteiger partial charge in [-0.05, 0) is 68.1 Å². The van der Waals surface area contributed by atoms with Crippen LogP contribution in [-0.4, -0.2) is 41.2 Å². The first-order valence-electron chi connectivity index (χ1n) is 8.68. The van der Waals surface area contributed by atoms with Gasteiger partial charge in [0.25, 0.3) is 0 Å². The predicted octanol–water partition coefficient (Wildman–Crippen LogP) is 3.24. The molecular weight excluding hydrogens is 316 g/mol. The number of pyridine rings is 1. The summed E-state index contributed by atoms with van der Waals surface area (Å²) in [7, 11) is 1.70. The first-order chi connectivity index (χ1) is 12.2. The zero-order valence-electron chi connectivity index (χ0n) is 14.5. The standard InChI is InChI=1S/C20H24N2O3/c1-25-17-5-2-4-16(13-17)12-15-7-10-22(11-8-15)14-19-18(20(23)24)6-3-9-21-19/h2-6,9,13,15H,7-8,10-12,14H2,1H3,(H,23,24). The Bertz CT molecular complexity index is 724. The van der Waals surface area contributed by atoms with Crippen molar-refractivity contribution < 1.29 is 14.6 Å². The molecule has 1 aromatic heterocycles. The Labute approximate surface area is 148 Å². The Kier molecular flexibility index (Phi) is 5.66. The molecule has 0 amide bonds. The van der Waals surface area contributed by atoms with E-state index in [9.17, 15) is 9.90 Å². The normalized spacial score (nSPS) is 15.9. The van der Waals surface area contributed by atoms with Crippen LogP contribution in [0.15, 0.2) is 42.6 Å². The highest BCUT2D eigenvalue weighted by Gasteiger charge is 2.21. The quantitative estimate of drug-likeness (QED) is 0.875. The lowest BCUT2D eigenvalue weighted by atomic mass is 9.90. The number of rotatable bonds is 6. The summed E-state index contributed by atoms with van der Waals surface area (Å²) in [5, 5.41) is 9.28. The molecule has 1 aromatic carbocycles. The number of ether oxygens (including phenoxy) is 1. The molecule has 5 nitrogen and oxygen atoms in total. The van der Waals surface area contributed by atoms with E-state index in [0.29, 0.717) is 23.7 Å². The van der Waals surface area contributed by atoms with Gasteiger partial charge in [0, 0.05) is 12.7 Å². The summed E-state index contributed by atoms with van der Waals surface area (Å²) in [5.41, 5.74) is 2.28. The molecule has 0 bridgehead atoms.